The number of esters is 1. The topological polar surface area (TPSA) is 156 Å². The third-order valence-electron chi connectivity index (χ3n) is 5.55. The van der Waals surface area contributed by atoms with Crippen LogP contribution in [0.2, 0.25) is 0 Å². The maximum atomic E-state index is 12.6. The first kappa shape index (κ1) is 26.2. The summed E-state index contributed by atoms with van der Waals surface area (Å²) in [5.74, 6) is -1.02. The van der Waals surface area contributed by atoms with E-state index in [0.29, 0.717) is 24.3 Å². The lowest BCUT2D eigenvalue weighted by Gasteiger charge is -2.19. The molecule has 0 aliphatic carbocycles. The summed E-state index contributed by atoms with van der Waals surface area (Å²) in [4.78, 5) is 36.6. The van der Waals surface area contributed by atoms with Crippen molar-refractivity contribution in [2.75, 3.05) is 13.7 Å². The molecule has 0 spiro atoms. The number of aromatic nitrogens is 1. The minimum Gasteiger partial charge on any atom is -0.467 e. The molecule has 1 amide bonds. The largest absolute Gasteiger partial charge is 0.467 e. The summed E-state index contributed by atoms with van der Waals surface area (Å²) in [6.07, 6.45) is 3.92. The second kappa shape index (κ2) is 12.3. The predicted molar refractivity (Wildman–Crippen MR) is 135 cm³/mol. The fourth-order valence-electron chi connectivity index (χ4n) is 3.72. The minimum atomic E-state index is -0.941. The summed E-state index contributed by atoms with van der Waals surface area (Å²) in [5.41, 5.74) is 13.1. The smallest absolute Gasteiger partial charge is 0.328 e. The van der Waals surface area contributed by atoms with Crippen molar-refractivity contribution in [3.8, 4) is 0 Å². The number of carbonyl (C=O) groups excluding carboxylic acids is 2. The first-order valence-electron chi connectivity index (χ1n) is 11.2. The van der Waals surface area contributed by atoms with E-state index < -0.39 is 28.9 Å². The first-order chi connectivity index (χ1) is 16.8. The van der Waals surface area contributed by atoms with Gasteiger partial charge in [0.1, 0.15) is 10.9 Å². The lowest BCUT2D eigenvalue weighted by Crippen LogP contribution is -2.49. The molecule has 5 N–H and O–H groups in total. The Morgan fingerprint density at radius 1 is 1.17 bits per heavy atom. The number of nitro benzene ring substituents is 1. The van der Waals surface area contributed by atoms with Crippen molar-refractivity contribution in [3.05, 3.63) is 70.4 Å². The van der Waals surface area contributed by atoms with Gasteiger partial charge in [-0.15, -0.1) is 0 Å². The zero-order chi connectivity index (χ0) is 25.4. The Hall–Kier alpha value is -3.41. The average Bonchev–Trinajstić information content (AvgIpc) is 3.20. The van der Waals surface area contributed by atoms with E-state index in [-0.39, 0.29) is 12.1 Å². The first-order valence-corrected chi connectivity index (χ1v) is 12.0. The molecule has 0 aliphatic heterocycles. The quantitative estimate of drug-likeness (QED) is 0.149. The number of nitrogens with two attached hydrogens (primary N) is 2. The molecule has 2 aromatic carbocycles. The van der Waals surface area contributed by atoms with E-state index in [4.69, 9.17) is 16.2 Å². The SMILES string of the molecule is COC(=O)[C@H](Cc1cn(Sc2ccccc2[N+](=O)[O-])c2ccccc12)NC(=O)[C@@H](N)CCCCN. The van der Waals surface area contributed by atoms with Crippen LogP contribution in [0.1, 0.15) is 24.8 Å². The Morgan fingerprint density at radius 2 is 1.89 bits per heavy atom. The Labute approximate surface area is 207 Å². The van der Waals surface area contributed by atoms with Gasteiger partial charge in [0, 0.05) is 24.1 Å². The van der Waals surface area contributed by atoms with Crippen molar-refractivity contribution in [1.29, 1.82) is 0 Å². The summed E-state index contributed by atoms with van der Waals surface area (Å²) in [6, 6.07) is 12.3. The maximum Gasteiger partial charge on any atom is 0.328 e. The van der Waals surface area contributed by atoms with Crippen molar-refractivity contribution >= 4 is 40.4 Å². The van der Waals surface area contributed by atoms with E-state index in [1.165, 1.54) is 25.1 Å². The van der Waals surface area contributed by atoms with Crippen LogP contribution < -0.4 is 16.8 Å². The van der Waals surface area contributed by atoms with Gasteiger partial charge in [0.2, 0.25) is 5.91 Å². The van der Waals surface area contributed by atoms with Crippen molar-refractivity contribution in [1.82, 2.24) is 9.29 Å². The number of nitrogens with one attached hydrogen (secondary N) is 1. The van der Waals surface area contributed by atoms with Crippen LogP contribution in [-0.4, -0.2) is 46.5 Å². The van der Waals surface area contributed by atoms with Gasteiger partial charge in [0.25, 0.3) is 5.69 Å². The zero-order valence-electron chi connectivity index (χ0n) is 19.4. The van der Waals surface area contributed by atoms with E-state index in [9.17, 15) is 19.7 Å². The molecule has 0 aliphatic rings. The molecule has 1 aromatic heterocycles. The number of benzene rings is 2. The van der Waals surface area contributed by atoms with E-state index in [1.807, 2.05) is 34.4 Å². The molecule has 186 valence electrons. The molecule has 3 rings (SSSR count). The van der Waals surface area contributed by atoms with Gasteiger partial charge < -0.3 is 21.5 Å². The third kappa shape index (κ3) is 6.59. The molecule has 35 heavy (non-hydrogen) atoms. The molecule has 0 bridgehead atoms. The average molecular weight is 500 g/mol. The highest BCUT2D eigenvalue weighted by Gasteiger charge is 2.26. The van der Waals surface area contributed by atoms with Crippen LogP contribution >= 0.6 is 11.9 Å². The Balaban J connectivity index is 1.87. The minimum absolute atomic E-state index is 0.000143. The van der Waals surface area contributed by atoms with Gasteiger partial charge in [0.05, 0.1) is 23.6 Å². The molecule has 0 unspecified atom stereocenters. The van der Waals surface area contributed by atoms with Crippen molar-refractivity contribution in [2.24, 2.45) is 11.5 Å². The van der Waals surface area contributed by atoms with E-state index in [1.54, 1.807) is 18.2 Å². The lowest BCUT2D eigenvalue weighted by atomic mass is 10.0. The van der Waals surface area contributed by atoms with E-state index in [0.717, 1.165) is 22.9 Å². The summed E-state index contributed by atoms with van der Waals surface area (Å²) in [5, 5.41) is 15.0. The van der Waals surface area contributed by atoms with Gasteiger partial charge in [-0.05, 0) is 49.0 Å². The van der Waals surface area contributed by atoms with Crippen LogP contribution in [0.15, 0.2) is 59.6 Å². The normalized spacial score (nSPS) is 12.8. The number of carbonyl (C=O) groups is 2. The molecule has 11 heteroatoms. The monoisotopic (exact) mass is 499 g/mol. The number of methoxy groups -OCH3 is 1. The second-order valence-corrected chi connectivity index (χ2v) is 9.01. The van der Waals surface area contributed by atoms with E-state index in [2.05, 4.69) is 5.32 Å². The molecular formula is C24H29N5O5S. The fraction of sp³-hybridized carbons (Fsp3) is 0.333. The number of hydrogen-bond donors (Lipinski definition) is 3. The summed E-state index contributed by atoms with van der Waals surface area (Å²) in [6.45, 7) is 0.521. The molecule has 0 saturated heterocycles. The van der Waals surface area contributed by atoms with Gasteiger partial charge in [-0.1, -0.05) is 36.8 Å². The van der Waals surface area contributed by atoms with Gasteiger partial charge in [-0.2, -0.15) is 0 Å². The number of ether oxygens (including phenoxy) is 1. The third-order valence-corrected chi connectivity index (χ3v) is 6.59. The zero-order valence-corrected chi connectivity index (χ0v) is 20.2. The Bertz CT molecular complexity index is 1200. The highest BCUT2D eigenvalue weighted by molar-refractivity contribution is 7.98. The molecule has 10 nitrogen and oxygen atoms in total. The number of nitrogens with zero attached hydrogens (tertiary/aromatic N) is 2. The number of unbranched alkanes of at least 4 members (excludes halogenated alkanes) is 1. The van der Waals surface area contributed by atoms with Crippen LogP contribution in [0.5, 0.6) is 0 Å². The fourth-order valence-corrected chi connectivity index (χ4v) is 4.75. The van der Waals surface area contributed by atoms with Gasteiger partial charge >= 0.3 is 5.97 Å². The Kier molecular flexibility index (Phi) is 9.24. The molecule has 1 heterocycles. The predicted octanol–water partition coefficient (Wildman–Crippen LogP) is 2.76. The highest BCUT2D eigenvalue weighted by atomic mass is 32.2. The van der Waals surface area contributed by atoms with Gasteiger partial charge in [0.15, 0.2) is 0 Å². The van der Waals surface area contributed by atoms with Crippen molar-refractivity contribution in [2.45, 2.75) is 42.7 Å². The molecule has 3 aromatic rings. The van der Waals surface area contributed by atoms with Gasteiger partial charge in [-0.3, -0.25) is 18.9 Å². The number of nitro groups is 1. The highest BCUT2D eigenvalue weighted by Crippen LogP contribution is 2.34. The van der Waals surface area contributed by atoms with Crippen LogP contribution in [0.25, 0.3) is 10.9 Å². The molecular weight excluding hydrogens is 470 g/mol. The summed E-state index contributed by atoms with van der Waals surface area (Å²) >= 11 is 1.21. The Morgan fingerprint density at radius 3 is 2.60 bits per heavy atom. The number of amides is 1. The maximum absolute atomic E-state index is 12.6. The number of rotatable bonds is 12. The van der Waals surface area contributed by atoms with Crippen LogP contribution in [0, 0.1) is 10.1 Å². The number of para-hydroxylation sites is 2. The molecule has 0 fully saturated rings. The lowest BCUT2D eigenvalue weighted by molar-refractivity contribution is -0.387. The molecule has 0 saturated carbocycles. The van der Waals surface area contributed by atoms with Crippen LogP contribution in [-0.2, 0) is 20.7 Å². The van der Waals surface area contributed by atoms with Crippen molar-refractivity contribution < 1.29 is 19.2 Å². The number of hydrogen-bond acceptors (Lipinski definition) is 8. The second-order valence-electron chi connectivity index (χ2n) is 7.99. The standard InChI is InChI=1S/C24H29N5O5S/c1-34-24(31)19(27-23(30)18(26)9-6-7-13-25)14-16-15-28(20-10-3-2-8-17(16)20)35-22-12-5-4-11-21(22)29(32)33/h2-5,8,10-12,15,18-19H,6-7,9,13-14,25-26H2,1H3,(H,27,30)/t18-,19-/m0/s1. The molecule has 0 radical (unpaired) electrons. The summed E-state index contributed by atoms with van der Waals surface area (Å²) in [7, 11) is 1.26. The van der Waals surface area contributed by atoms with Crippen LogP contribution in [0.3, 0.4) is 0 Å². The molecule has 2 atom stereocenters. The number of fused-ring (bicyclic) bond motifs is 1. The van der Waals surface area contributed by atoms with Crippen LogP contribution in [0.4, 0.5) is 5.69 Å². The van der Waals surface area contributed by atoms with E-state index >= 15 is 0 Å². The van der Waals surface area contributed by atoms with Crippen molar-refractivity contribution in [3.63, 3.8) is 0 Å². The summed E-state index contributed by atoms with van der Waals surface area (Å²) < 4.78 is 6.74. The van der Waals surface area contributed by atoms with Gasteiger partial charge in [-0.25, -0.2) is 4.79 Å².